The van der Waals surface area contributed by atoms with Gasteiger partial charge in [0.2, 0.25) is 0 Å². The van der Waals surface area contributed by atoms with Crippen molar-refractivity contribution < 1.29 is 4.74 Å². The van der Waals surface area contributed by atoms with E-state index in [-0.39, 0.29) is 6.10 Å². The fourth-order valence-corrected chi connectivity index (χ4v) is 6.58. The summed E-state index contributed by atoms with van der Waals surface area (Å²) in [6.45, 7) is 5.12. The predicted molar refractivity (Wildman–Crippen MR) is 126 cm³/mol. The first-order chi connectivity index (χ1) is 14.7. The summed E-state index contributed by atoms with van der Waals surface area (Å²) in [5.41, 5.74) is 3.64. The lowest BCUT2D eigenvalue weighted by Crippen LogP contribution is -2.26. The van der Waals surface area contributed by atoms with Gasteiger partial charge in [-0.05, 0) is 29.7 Å². The van der Waals surface area contributed by atoms with Crippen LogP contribution in [-0.4, -0.2) is 37.7 Å². The highest BCUT2D eigenvalue weighted by atomic mass is 32.2. The van der Waals surface area contributed by atoms with Crippen LogP contribution in [0.2, 0.25) is 0 Å². The van der Waals surface area contributed by atoms with Crippen molar-refractivity contribution in [2.24, 2.45) is 5.92 Å². The molecule has 0 saturated carbocycles. The van der Waals surface area contributed by atoms with E-state index in [1.807, 2.05) is 0 Å². The summed E-state index contributed by atoms with van der Waals surface area (Å²) >= 11 is 5.14. The Labute approximate surface area is 188 Å². The molecule has 0 amide bonds. The minimum Gasteiger partial charge on any atom is -0.372 e. The van der Waals surface area contributed by atoms with Crippen molar-refractivity contribution in [1.82, 2.24) is 19.6 Å². The molecular weight excluding hydrogens is 432 g/mol. The van der Waals surface area contributed by atoms with Gasteiger partial charge >= 0.3 is 0 Å². The fourth-order valence-electron chi connectivity index (χ4n) is 3.89. The number of nitrogens with zero attached hydrogens (tertiary/aromatic N) is 4. The predicted octanol–water partition coefficient (Wildman–Crippen LogP) is 5.49. The maximum Gasteiger partial charge on any atom is 0.197 e. The Kier molecular flexibility index (Phi) is 5.75. The number of hydrogen-bond donors (Lipinski definition) is 0. The van der Waals surface area contributed by atoms with Crippen molar-refractivity contribution in [2.75, 3.05) is 12.0 Å². The Morgan fingerprint density at radius 3 is 2.80 bits per heavy atom. The molecule has 0 bridgehead atoms. The second-order valence-corrected chi connectivity index (χ2v) is 10.7. The highest BCUT2D eigenvalue weighted by Crippen LogP contribution is 2.40. The summed E-state index contributed by atoms with van der Waals surface area (Å²) in [5, 5.41) is 12.2. The fraction of sp³-hybridized carbons (Fsp3) is 0.409. The molecule has 0 spiro atoms. The van der Waals surface area contributed by atoms with Crippen LogP contribution in [-0.2, 0) is 24.2 Å². The van der Waals surface area contributed by atoms with Gasteiger partial charge in [0.15, 0.2) is 16.0 Å². The summed E-state index contributed by atoms with van der Waals surface area (Å²) in [7, 11) is 0. The molecule has 0 unspecified atom stereocenters. The SMILES string of the molecule is CSc1nc2sc3c(c2c2nnc(SCCc4ccccc4)n12)C[C@H](C(C)C)OC3. The van der Waals surface area contributed by atoms with Gasteiger partial charge in [0.05, 0.1) is 18.1 Å². The van der Waals surface area contributed by atoms with Gasteiger partial charge in [-0.15, -0.1) is 21.5 Å². The highest BCUT2D eigenvalue weighted by Gasteiger charge is 2.28. The molecule has 4 heterocycles. The molecule has 1 aliphatic heterocycles. The van der Waals surface area contributed by atoms with Gasteiger partial charge in [-0.1, -0.05) is 67.7 Å². The Morgan fingerprint density at radius 1 is 1.20 bits per heavy atom. The van der Waals surface area contributed by atoms with Gasteiger partial charge in [0.25, 0.3) is 0 Å². The number of thioether (sulfide) groups is 2. The quantitative estimate of drug-likeness (QED) is 0.282. The normalized spacial score (nSPS) is 16.6. The first kappa shape index (κ1) is 20.3. The summed E-state index contributed by atoms with van der Waals surface area (Å²) in [5.74, 6) is 1.45. The molecule has 4 aromatic rings. The minimum absolute atomic E-state index is 0.248. The van der Waals surface area contributed by atoms with E-state index in [2.05, 4.69) is 65.0 Å². The Balaban J connectivity index is 1.53. The molecule has 1 aromatic carbocycles. The molecule has 0 saturated heterocycles. The van der Waals surface area contributed by atoms with Crippen molar-refractivity contribution >= 4 is 50.7 Å². The van der Waals surface area contributed by atoms with Crippen LogP contribution in [0, 0.1) is 5.92 Å². The largest absolute Gasteiger partial charge is 0.372 e. The molecular formula is C22H24N4OS3. The molecule has 1 aliphatic rings. The number of benzene rings is 1. The number of aryl methyl sites for hydroxylation is 1. The topological polar surface area (TPSA) is 52.3 Å². The summed E-state index contributed by atoms with van der Waals surface area (Å²) in [6, 6.07) is 10.6. The second-order valence-electron chi connectivity index (χ2n) is 7.81. The molecule has 0 aliphatic carbocycles. The van der Waals surface area contributed by atoms with Crippen molar-refractivity contribution in [2.45, 2.75) is 49.7 Å². The number of hydrogen-bond acceptors (Lipinski definition) is 7. The Bertz CT molecular complexity index is 1190. The van der Waals surface area contributed by atoms with Crippen molar-refractivity contribution in [3.05, 3.63) is 46.3 Å². The number of fused-ring (bicyclic) bond motifs is 5. The van der Waals surface area contributed by atoms with E-state index < -0.39 is 0 Å². The third-order valence-corrected chi connectivity index (χ3v) is 8.21. The van der Waals surface area contributed by atoms with Gasteiger partial charge in [-0.2, -0.15) is 0 Å². The minimum atomic E-state index is 0.248. The first-order valence-electron chi connectivity index (χ1n) is 10.2. The van der Waals surface area contributed by atoms with Crippen LogP contribution in [0.5, 0.6) is 0 Å². The van der Waals surface area contributed by atoms with Crippen LogP contribution in [0.15, 0.2) is 40.6 Å². The lowest BCUT2D eigenvalue weighted by atomic mass is 9.96. The van der Waals surface area contributed by atoms with E-state index in [0.29, 0.717) is 12.5 Å². The van der Waals surface area contributed by atoms with E-state index in [1.54, 1.807) is 34.9 Å². The molecule has 3 aromatic heterocycles. The van der Waals surface area contributed by atoms with Gasteiger partial charge in [0, 0.05) is 17.1 Å². The molecule has 30 heavy (non-hydrogen) atoms. The standard InChI is InChI=1S/C22H24N4OS3/c1-13(2)16-11-15-17(12-27-16)30-20-18(15)19-24-25-22(26(19)21(23-20)28-3)29-10-9-14-7-5-4-6-8-14/h4-8,13,16H,9-12H2,1-3H3/t16-/m1/s1. The zero-order valence-electron chi connectivity index (χ0n) is 17.3. The average molecular weight is 457 g/mol. The zero-order valence-corrected chi connectivity index (χ0v) is 19.7. The third-order valence-electron chi connectivity index (χ3n) is 5.54. The zero-order chi connectivity index (χ0) is 20.7. The lowest BCUT2D eigenvalue weighted by Gasteiger charge is -2.26. The molecule has 0 N–H and O–H groups in total. The van der Waals surface area contributed by atoms with Crippen LogP contribution in [0.25, 0.3) is 15.9 Å². The maximum atomic E-state index is 6.09. The molecule has 8 heteroatoms. The third kappa shape index (κ3) is 3.64. The molecule has 0 radical (unpaired) electrons. The lowest BCUT2D eigenvalue weighted by molar-refractivity contribution is 0.00203. The molecule has 5 nitrogen and oxygen atoms in total. The summed E-state index contributed by atoms with van der Waals surface area (Å²) in [6.07, 6.45) is 4.24. The van der Waals surface area contributed by atoms with Crippen LogP contribution < -0.4 is 0 Å². The molecule has 0 fully saturated rings. The van der Waals surface area contributed by atoms with E-state index in [4.69, 9.17) is 9.72 Å². The first-order valence-corrected chi connectivity index (χ1v) is 13.2. The number of thiophene rings is 1. The molecule has 5 rings (SSSR count). The van der Waals surface area contributed by atoms with Crippen LogP contribution in [0.4, 0.5) is 0 Å². The summed E-state index contributed by atoms with van der Waals surface area (Å²) < 4.78 is 8.24. The average Bonchev–Trinajstić information content (AvgIpc) is 3.34. The second kappa shape index (κ2) is 8.49. The van der Waals surface area contributed by atoms with Crippen molar-refractivity contribution in [3.8, 4) is 0 Å². The van der Waals surface area contributed by atoms with Gasteiger partial charge < -0.3 is 4.74 Å². The molecule has 1 atom stereocenters. The molecule has 156 valence electrons. The number of aromatic nitrogens is 4. The highest BCUT2D eigenvalue weighted by molar-refractivity contribution is 7.99. The number of ether oxygens (including phenoxy) is 1. The van der Waals surface area contributed by atoms with E-state index in [9.17, 15) is 0 Å². The van der Waals surface area contributed by atoms with Crippen molar-refractivity contribution in [1.29, 1.82) is 0 Å². The Morgan fingerprint density at radius 2 is 2.03 bits per heavy atom. The monoisotopic (exact) mass is 456 g/mol. The van der Waals surface area contributed by atoms with Gasteiger partial charge in [0.1, 0.15) is 4.83 Å². The van der Waals surface area contributed by atoms with E-state index in [1.165, 1.54) is 21.4 Å². The number of rotatable bonds is 6. The van der Waals surface area contributed by atoms with Crippen LogP contribution >= 0.6 is 34.9 Å². The summed E-state index contributed by atoms with van der Waals surface area (Å²) in [4.78, 5) is 7.33. The van der Waals surface area contributed by atoms with Crippen LogP contribution in [0.1, 0.15) is 29.9 Å². The maximum absolute atomic E-state index is 6.09. The van der Waals surface area contributed by atoms with Crippen molar-refractivity contribution in [3.63, 3.8) is 0 Å². The van der Waals surface area contributed by atoms with E-state index in [0.717, 1.165) is 39.4 Å². The van der Waals surface area contributed by atoms with Gasteiger partial charge in [-0.25, -0.2) is 9.38 Å². The Hall–Kier alpha value is -1.61. The van der Waals surface area contributed by atoms with Gasteiger partial charge in [-0.3, -0.25) is 0 Å². The van der Waals surface area contributed by atoms with Crippen LogP contribution in [0.3, 0.4) is 0 Å². The smallest absolute Gasteiger partial charge is 0.197 e. The van der Waals surface area contributed by atoms with E-state index >= 15 is 0 Å².